The quantitative estimate of drug-likeness (QED) is 0.757. The van der Waals surface area contributed by atoms with Crippen LogP contribution in [0.4, 0.5) is 4.39 Å². The Kier molecular flexibility index (Phi) is 4.45. The van der Waals surface area contributed by atoms with Crippen LogP contribution in [-0.2, 0) is 6.54 Å². The zero-order valence-corrected chi connectivity index (χ0v) is 8.83. The van der Waals surface area contributed by atoms with Crippen LogP contribution in [0.15, 0.2) is 12.3 Å². The normalized spacial score (nSPS) is 12.5. The predicted octanol–water partition coefficient (Wildman–Crippen LogP) is 0.700. The largest absolute Gasteiger partial charge is 0.481 e. The Labute approximate surface area is 88.1 Å². The van der Waals surface area contributed by atoms with Crippen molar-refractivity contribution in [1.29, 1.82) is 0 Å². The fraction of sp³-hybridized carbons (Fsp3) is 0.500. The first-order valence-corrected chi connectivity index (χ1v) is 4.70. The summed E-state index contributed by atoms with van der Waals surface area (Å²) < 4.78 is 17.9. The van der Waals surface area contributed by atoms with Gasteiger partial charge in [-0.3, -0.25) is 0 Å². The standard InChI is InChI=1S/C10H15FN2O2/c1-7(6-14)12-4-8-3-9(11)5-13-10(8)15-2/h3,5,7,12,14H,4,6H2,1-2H3/t7-/m1/s1. The number of aliphatic hydroxyl groups is 1. The van der Waals surface area contributed by atoms with Crippen molar-refractivity contribution in [3.63, 3.8) is 0 Å². The molecular formula is C10H15FN2O2. The van der Waals surface area contributed by atoms with E-state index in [0.717, 1.165) is 6.20 Å². The van der Waals surface area contributed by atoms with E-state index >= 15 is 0 Å². The number of hydrogen-bond donors (Lipinski definition) is 2. The van der Waals surface area contributed by atoms with Gasteiger partial charge in [0.1, 0.15) is 5.82 Å². The summed E-state index contributed by atoms with van der Waals surface area (Å²) in [4.78, 5) is 3.80. The molecule has 0 bridgehead atoms. The molecule has 0 saturated carbocycles. The Morgan fingerprint density at radius 3 is 3.00 bits per heavy atom. The van der Waals surface area contributed by atoms with Crippen molar-refractivity contribution < 1.29 is 14.2 Å². The SMILES string of the molecule is COc1ncc(F)cc1CN[C@H](C)CO. The number of halogens is 1. The number of methoxy groups -OCH3 is 1. The molecule has 1 aromatic heterocycles. The summed E-state index contributed by atoms with van der Waals surface area (Å²) in [6, 6.07) is 1.32. The van der Waals surface area contributed by atoms with Crippen molar-refractivity contribution >= 4 is 0 Å². The highest BCUT2D eigenvalue weighted by Gasteiger charge is 2.07. The van der Waals surface area contributed by atoms with E-state index in [1.54, 1.807) is 0 Å². The minimum absolute atomic E-state index is 0.0328. The van der Waals surface area contributed by atoms with Crippen LogP contribution in [-0.4, -0.2) is 29.8 Å². The van der Waals surface area contributed by atoms with E-state index in [2.05, 4.69) is 10.3 Å². The average Bonchev–Trinajstić information content (AvgIpc) is 2.26. The summed E-state index contributed by atoms with van der Waals surface area (Å²) >= 11 is 0. The maximum atomic E-state index is 12.9. The van der Waals surface area contributed by atoms with Gasteiger partial charge in [-0.25, -0.2) is 9.37 Å². The highest BCUT2D eigenvalue weighted by Crippen LogP contribution is 2.15. The summed E-state index contributed by atoms with van der Waals surface area (Å²) in [5.74, 6) is -0.00158. The highest BCUT2D eigenvalue weighted by atomic mass is 19.1. The lowest BCUT2D eigenvalue weighted by atomic mass is 10.2. The number of nitrogens with zero attached hydrogens (tertiary/aromatic N) is 1. The van der Waals surface area contributed by atoms with Gasteiger partial charge in [-0.15, -0.1) is 0 Å². The molecule has 0 aromatic carbocycles. The molecule has 2 N–H and O–H groups in total. The topological polar surface area (TPSA) is 54.4 Å². The van der Waals surface area contributed by atoms with Gasteiger partial charge in [0.2, 0.25) is 5.88 Å². The van der Waals surface area contributed by atoms with Crippen LogP contribution in [0.2, 0.25) is 0 Å². The lowest BCUT2D eigenvalue weighted by Crippen LogP contribution is -2.28. The van der Waals surface area contributed by atoms with Gasteiger partial charge in [0, 0.05) is 18.2 Å². The fourth-order valence-corrected chi connectivity index (χ4v) is 1.13. The van der Waals surface area contributed by atoms with Crippen LogP contribution in [0, 0.1) is 5.82 Å². The Balaban J connectivity index is 2.69. The molecule has 0 aliphatic rings. The van der Waals surface area contributed by atoms with E-state index in [0.29, 0.717) is 18.0 Å². The van der Waals surface area contributed by atoms with Gasteiger partial charge in [-0.05, 0) is 13.0 Å². The molecule has 5 heteroatoms. The molecule has 0 amide bonds. The first-order valence-electron chi connectivity index (χ1n) is 4.70. The first kappa shape index (κ1) is 11.9. The molecule has 0 unspecified atom stereocenters. The summed E-state index contributed by atoms with van der Waals surface area (Å²) in [7, 11) is 1.49. The van der Waals surface area contributed by atoms with Crippen LogP contribution in [0.3, 0.4) is 0 Å². The van der Waals surface area contributed by atoms with Gasteiger partial charge in [0.25, 0.3) is 0 Å². The highest BCUT2D eigenvalue weighted by molar-refractivity contribution is 5.25. The monoisotopic (exact) mass is 214 g/mol. The first-order chi connectivity index (χ1) is 7.17. The Morgan fingerprint density at radius 1 is 1.67 bits per heavy atom. The minimum Gasteiger partial charge on any atom is -0.481 e. The van der Waals surface area contributed by atoms with Crippen LogP contribution in [0.5, 0.6) is 5.88 Å². The third-order valence-electron chi connectivity index (χ3n) is 2.00. The predicted molar refractivity (Wildman–Crippen MR) is 54.1 cm³/mol. The number of ether oxygens (including phenoxy) is 1. The van der Waals surface area contributed by atoms with E-state index in [1.807, 2.05) is 6.92 Å². The molecule has 1 atom stereocenters. The Morgan fingerprint density at radius 2 is 2.40 bits per heavy atom. The molecule has 1 rings (SSSR count). The summed E-state index contributed by atoms with van der Waals surface area (Å²) in [6.07, 6.45) is 1.11. The van der Waals surface area contributed by atoms with E-state index in [1.165, 1.54) is 13.2 Å². The third kappa shape index (κ3) is 3.45. The van der Waals surface area contributed by atoms with Gasteiger partial charge in [-0.2, -0.15) is 0 Å². The second kappa shape index (κ2) is 5.63. The summed E-state index contributed by atoms with van der Waals surface area (Å²) in [5.41, 5.74) is 0.637. The molecule has 0 aliphatic carbocycles. The average molecular weight is 214 g/mol. The Hall–Kier alpha value is -1.20. The molecule has 0 spiro atoms. The number of hydrogen-bond acceptors (Lipinski definition) is 4. The lowest BCUT2D eigenvalue weighted by Gasteiger charge is -2.12. The molecule has 1 aromatic rings. The number of pyridine rings is 1. The van der Waals surface area contributed by atoms with Crippen LogP contribution >= 0.6 is 0 Å². The van der Waals surface area contributed by atoms with E-state index in [9.17, 15) is 4.39 Å². The lowest BCUT2D eigenvalue weighted by molar-refractivity contribution is 0.250. The second-order valence-electron chi connectivity index (χ2n) is 3.29. The van der Waals surface area contributed by atoms with Crippen molar-refractivity contribution in [3.05, 3.63) is 23.6 Å². The van der Waals surface area contributed by atoms with Gasteiger partial charge in [0.05, 0.1) is 19.9 Å². The number of rotatable bonds is 5. The molecule has 1 heterocycles. The maximum absolute atomic E-state index is 12.9. The molecule has 0 aliphatic heterocycles. The van der Waals surface area contributed by atoms with E-state index in [4.69, 9.17) is 9.84 Å². The number of aliphatic hydroxyl groups excluding tert-OH is 1. The van der Waals surface area contributed by atoms with Crippen LogP contribution in [0.25, 0.3) is 0 Å². The fourth-order valence-electron chi connectivity index (χ4n) is 1.13. The summed E-state index contributed by atoms with van der Waals surface area (Å²) in [6.45, 7) is 2.28. The molecule has 15 heavy (non-hydrogen) atoms. The van der Waals surface area contributed by atoms with Crippen molar-refractivity contribution in [2.45, 2.75) is 19.5 Å². The van der Waals surface area contributed by atoms with Gasteiger partial charge in [-0.1, -0.05) is 0 Å². The van der Waals surface area contributed by atoms with Crippen LogP contribution in [0.1, 0.15) is 12.5 Å². The third-order valence-corrected chi connectivity index (χ3v) is 2.00. The van der Waals surface area contributed by atoms with E-state index in [-0.39, 0.29) is 12.6 Å². The molecule has 0 radical (unpaired) electrons. The molecule has 84 valence electrons. The molecule has 0 fully saturated rings. The van der Waals surface area contributed by atoms with Gasteiger partial charge in [0.15, 0.2) is 0 Å². The minimum atomic E-state index is -0.399. The maximum Gasteiger partial charge on any atom is 0.217 e. The zero-order chi connectivity index (χ0) is 11.3. The van der Waals surface area contributed by atoms with Gasteiger partial charge >= 0.3 is 0 Å². The van der Waals surface area contributed by atoms with E-state index < -0.39 is 5.82 Å². The zero-order valence-electron chi connectivity index (χ0n) is 8.83. The second-order valence-corrected chi connectivity index (χ2v) is 3.29. The molecule has 0 saturated heterocycles. The van der Waals surface area contributed by atoms with Crippen molar-refractivity contribution in [1.82, 2.24) is 10.3 Å². The summed E-state index contributed by atoms with van der Waals surface area (Å²) in [5, 5.41) is 11.8. The number of nitrogens with one attached hydrogen (secondary N) is 1. The van der Waals surface area contributed by atoms with Crippen LogP contribution < -0.4 is 10.1 Å². The number of aromatic nitrogens is 1. The van der Waals surface area contributed by atoms with Crippen molar-refractivity contribution in [3.8, 4) is 5.88 Å². The Bertz CT molecular complexity index is 320. The van der Waals surface area contributed by atoms with Crippen molar-refractivity contribution in [2.75, 3.05) is 13.7 Å². The van der Waals surface area contributed by atoms with Crippen molar-refractivity contribution in [2.24, 2.45) is 0 Å². The van der Waals surface area contributed by atoms with Gasteiger partial charge < -0.3 is 15.2 Å². The molecule has 4 nitrogen and oxygen atoms in total. The smallest absolute Gasteiger partial charge is 0.217 e. The molecular weight excluding hydrogens is 199 g/mol.